The zero-order valence-corrected chi connectivity index (χ0v) is 45.2. The van der Waals surface area contributed by atoms with E-state index in [-0.39, 0.29) is 46.0 Å². The third kappa shape index (κ3) is 8.37. The number of aromatic nitrogens is 3. The van der Waals surface area contributed by atoms with Crippen molar-refractivity contribution >= 4 is 76.5 Å². The average molecular weight is 1010 g/mol. The van der Waals surface area contributed by atoms with Gasteiger partial charge in [-0.3, -0.25) is 4.57 Å². The van der Waals surface area contributed by atoms with Crippen molar-refractivity contribution in [3.05, 3.63) is 229 Å². The van der Waals surface area contributed by atoms with Crippen molar-refractivity contribution in [3.63, 3.8) is 0 Å². The summed E-state index contributed by atoms with van der Waals surface area (Å²) in [5.74, 6) is 2.26. The van der Waals surface area contributed by atoms with Crippen molar-refractivity contribution in [1.82, 2.24) is 14.1 Å². The van der Waals surface area contributed by atoms with E-state index in [1.807, 2.05) is 24.4 Å². The molecule has 378 valence electrons. The molecule has 1 aliphatic heterocycles. The van der Waals surface area contributed by atoms with Crippen LogP contribution in [0.15, 0.2) is 212 Å². The molecule has 77 heavy (non-hydrogen) atoms. The molecular formula is C72H64N4O. The SMILES string of the molecule is [2H]c1c([2H])c([2H])c(-c2cc(-c3cccc4c5ccccc5c5cc(C(C)(C)C)ccc5c5cccc6c5n(c34)CN6c3cccc(Oc4ccc5c6ccccc6n(-c6cc(C(C)(C)C)ccn6)c5c4)c3)cc(C(C)(C)C)c2)c([2H])c1[2H]. The molecule has 0 unspecified atom stereocenters. The van der Waals surface area contributed by atoms with Crippen molar-refractivity contribution in [3.8, 4) is 39.6 Å². The van der Waals surface area contributed by atoms with Crippen LogP contribution in [0.1, 0.15) is 85.9 Å². The average Bonchev–Trinajstić information content (AvgIpc) is 2.71. The molecule has 0 saturated heterocycles. The summed E-state index contributed by atoms with van der Waals surface area (Å²) in [5, 5.41) is 8.88. The van der Waals surface area contributed by atoms with Crippen molar-refractivity contribution in [2.75, 3.05) is 4.90 Å². The van der Waals surface area contributed by atoms with E-state index in [9.17, 15) is 0 Å². The maximum absolute atomic E-state index is 9.15. The van der Waals surface area contributed by atoms with Crippen LogP contribution in [0.25, 0.3) is 93.2 Å². The van der Waals surface area contributed by atoms with Gasteiger partial charge in [0.25, 0.3) is 0 Å². The lowest BCUT2D eigenvalue weighted by atomic mass is 9.83. The lowest BCUT2D eigenvalue weighted by Crippen LogP contribution is -2.15. The Hall–Kier alpha value is -8.67. The molecule has 5 nitrogen and oxygen atoms in total. The molecule has 0 aliphatic carbocycles. The minimum absolute atomic E-state index is 0.0557. The molecule has 0 N–H and O–H groups in total. The number of benzene rings is 9. The predicted molar refractivity (Wildman–Crippen MR) is 326 cm³/mol. The molecule has 4 heterocycles. The smallest absolute Gasteiger partial charge is 0.137 e. The molecule has 0 fully saturated rings. The zero-order chi connectivity index (χ0) is 57.3. The molecule has 13 rings (SSSR count). The maximum atomic E-state index is 9.15. The number of anilines is 2. The summed E-state index contributed by atoms with van der Waals surface area (Å²) in [5.41, 5.74) is 11.6. The first-order valence-electron chi connectivity index (χ1n) is 29.2. The third-order valence-corrected chi connectivity index (χ3v) is 15.6. The second-order valence-corrected chi connectivity index (χ2v) is 23.8. The first-order valence-corrected chi connectivity index (χ1v) is 26.7. The van der Waals surface area contributed by atoms with Gasteiger partial charge in [-0.15, -0.1) is 0 Å². The highest BCUT2D eigenvalue weighted by Crippen LogP contribution is 2.47. The molecule has 0 radical (unpaired) electrons. The number of para-hydroxylation sites is 3. The highest BCUT2D eigenvalue weighted by Gasteiger charge is 2.27. The highest BCUT2D eigenvalue weighted by molar-refractivity contribution is 6.22. The van der Waals surface area contributed by atoms with Crippen LogP contribution < -0.4 is 9.64 Å². The number of pyridine rings is 1. The van der Waals surface area contributed by atoms with Crippen LogP contribution in [0.2, 0.25) is 0 Å². The van der Waals surface area contributed by atoms with Gasteiger partial charge in [-0.25, -0.2) is 4.98 Å². The summed E-state index contributed by atoms with van der Waals surface area (Å²) >= 11 is 0. The van der Waals surface area contributed by atoms with E-state index in [0.29, 0.717) is 23.7 Å². The second kappa shape index (κ2) is 18.0. The number of hydrogen-bond acceptors (Lipinski definition) is 3. The van der Waals surface area contributed by atoms with Crippen molar-refractivity contribution in [2.24, 2.45) is 0 Å². The molecule has 1 aliphatic rings. The molecule has 12 aromatic rings. The first kappa shape index (κ1) is 42.5. The Labute approximate surface area is 459 Å². The van der Waals surface area contributed by atoms with Gasteiger partial charge in [0, 0.05) is 51.1 Å². The van der Waals surface area contributed by atoms with Crippen LogP contribution >= 0.6 is 0 Å². The molecule has 3 aromatic heterocycles. The fourth-order valence-corrected chi connectivity index (χ4v) is 11.5. The van der Waals surface area contributed by atoms with E-state index in [0.717, 1.165) is 99.0 Å². The van der Waals surface area contributed by atoms with Crippen LogP contribution in [0.5, 0.6) is 11.5 Å². The van der Waals surface area contributed by atoms with Gasteiger partial charge in [-0.2, -0.15) is 0 Å². The Balaban J connectivity index is 1.04. The van der Waals surface area contributed by atoms with Gasteiger partial charge in [0.15, 0.2) is 0 Å². The van der Waals surface area contributed by atoms with Crippen molar-refractivity contribution < 1.29 is 11.6 Å². The lowest BCUT2D eigenvalue weighted by molar-refractivity contribution is 0.483. The summed E-state index contributed by atoms with van der Waals surface area (Å²) in [6.45, 7) is 20.4. The van der Waals surface area contributed by atoms with Gasteiger partial charge < -0.3 is 14.2 Å². The number of rotatable bonds is 6. The van der Waals surface area contributed by atoms with E-state index in [1.165, 1.54) is 11.1 Å². The zero-order valence-electron chi connectivity index (χ0n) is 50.2. The Kier molecular flexibility index (Phi) is 9.94. The molecule has 0 saturated carbocycles. The molecule has 9 aromatic carbocycles. The van der Waals surface area contributed by atoms with Gasteiger partial charge in [0.2, 0.25) is 0 Å². The van der Waals surface area contributed by atoms with Crippen LogP contribution in [0.4, 0.5) is 11.4 Å². The lowest BCUT2D eigenvalue weighted by Gasteiger charge is -2.23. The number of nitrogens with zero attached hydrogens (tertiary/aromatic N) is 4. The van der Waals surface area contributed by atoms with E-state index >= 15 is 0 Å². The largest absolute Gasteiger partial charge is 0.457 e. The minimum Gasteiger partial charge on any atom is -0.457 e. The molecule has 0 atom stereocenters. The monoisotopic (exact) mass is 1010 g/mol. The summed E-state index contributed by atoms with van der Waals surface area (Å²) in [6.07, 6.45) is 1.91. The molecule has 5 heteroatoms. The minimum atomic E-state index is -0.414. The standard InChI is InChI=1S/C72H64N4O/c1-70(2,3)49-32-34-58-62-29-19-31-65-69(62)75(68-55(27-18-28-61(68)56-24-13-14-25-57(56)63(58)41-49)48-38-47(46-20-11-10-12-21-46)39-51(40-48)72(7,8)9)45-74(65)52-22-17-23-53(43-52)77-54-33-35-60-59-26-15-16-30-64(59)76(66(60)44-54)67-42-50(36-37-73-67)71(4,5)6/h10-44H,45H2,1-9H3/i10D,11D,12D,20D,21D. The van der Waals surface area contributed by atoms with Gasteiger partial charge in [-0.1, -0.05) is 196 Å². The predicted octanol–water partition coefficient (Wildman–Crippen LogP) is 19.8. The molecular weight excluding hydrogens is 937 g/mol. The van der Waals surface area contributed by atoms with Crippen LogP contribution in [-0.2, 0) is 22.9 Å². The third-order valence-electron chi connectivity index (χ3n) is 15.6. The van der Waals surface area contributed by atoms with Crippen LogP contribution in [-0.4, -0.2) is 14.1 Å². The topological polar surface area (TPSA) is 35.2 Å². The van der Waals surface area contributed by atoms with E-state index in [2.05, 4.69) is 234 Å². The van der Waals surface area contributed by atoms with Gasteiger partial charge in [0.1, 0.15) is 24.0 Å². The first-order chi connectivity index (χ1) is 39.1. The number of ether oxygens (including phenoxy) is 1. The summed E-state index contributed by atoms with van der Waals surface area (Å²) in [7, 11) is 0. The highest BCUT2D eigenvalue weighted by atomic mass is 16.5. The second-order valence-electron chi connectivity index (χ2n) is 23.8. The van der Waals surface area contributed by atoms with Crippen LogP contribution in [0, 0.1) is 0 Å². The van der Waals surface area contributed by atoms with Gasteiger partial charge in [-0.05, 0) is 132 Å². The van der Waals surface area contributed by atoms with Crippen molar-refractivity contribution in [1.29, 1.82) is 0 Å². The Morgan fingerprint density at radius 1 is 0.442 bits per heavy atom. The fraction of sp³-hybridized carbons (Fsp3) is 0.181. The quantitative estimate of drug-likeness (QED) is 0.166. The van der Waals surface area contributed by atoms with Gasteiger partial charge in [0.05, 0.1) is 34.6 Å². The summed E-state index contributed by atoms with van der Waals surface area (Å²) in [6, 6.07) is 61.0. The normalized spacial score (nSPS) is 13.8. The Bertz CT molecular complexity index is 4690. The summed E-state index contributed by atoms with van der Waals surface area (Å²) < 4.78 is 55.8. The number of fused-ring (bicyclic) bond motifs is 10. The molecule has 0 bridgehead atoms. The molecule has 0 amide bonds. The van der Waals surface area contributed by atoms with Gasteiger partial charge >= 0.3 is 0 Å². The summed E-state index contributed by atoms with van der Waals surface area (Å²) in [4.78, 5) is 7.30. The van der Waals surface area contributed by atoms with E-state index in [1.54, 1.807) is 0 Å². The number of hydrogen-bond donors (Lipinski definition) is 0. The Morgan fingerprint density at radius 2 is 1.05 bits per heavy atom. The fourth-order valence-electron chi connectivity index (χ4n) is 11.5. The van der Waals surface area contributed by atoms with Crippen molar-refractivity contribution in [2.45, 2.75) is 85.2 Å². The maximum Gasteiger partial charge on any atom is 0.137 e. The van der Waals surface area contributed by atoms with E-state index < -0.39 is 6.04 Å². The Morgan fingerprint density at radius 3 is 1.82 bits per heavy atom. The molecule has 0 spiro atoms. The van der Waals surface area contributed by atoms with E-state index in [4.69, 9.17) is 16.6 Å². The van der Waals surface area contributed by atoms with Crippen LogP contribution in [0.3, 0.4) is 0 Å².